The van der Waals surface area contributed by atoms with Gasteiger partial charge in [-0.15, -0.1) is 0 Å². The zero-order chi connectivity index (χ0) is 23.6. The second-order valence-corrected chi connectivity index (χ2v) is 7.48. The predicted octanol–water partition coefficient (Wildman–Crippen LogP) is 5.14. The van der Waals surface area contributed by atoms with Gasteiger partial charge >= 0.3 is 0 Å². The second kappa shape index (κ2) is 11.7. The highest BCUT2D eigenvalue weighted by Crippen LogP contribution is 2.29. The average molecular weight is 445 g/mol. The van der Waals surface area contributed by atoms with Gasteiger partial charge in [-0.05, 0) is 56.2 Å². The van der Waals surface area contributed by atoms with Gasteiger partial charge in [-0.1, -0.05) is 29.8 Å². The topological polar surface area (TPSA) is 88.8 Å². The van der Waals surface area contributed by atoms with Crippen LogP contribution >= 0.6 is 0 Å². The summed E-state index contributed by atoms with van der Waals surface area (Å²) in [5.41, 5.74) is 7.93. The number of pyridine rings is 1. The van der Waals surface area contributed by atoms with Gasteiger partial charge in [0.2, 0.25) is 0 Å². The van der Waals surface area contributed by atoms with E-state index in [1.54, 1.807) is 13.3 Å². The summed E-state index contributed by atoms with van der Waals surface area (Å²) < 4.78 is 17.0. The first kappa shape index (κ1) is 23.8. The molecule has 3 aromatic rings. The molecule has 0 spiro atoms. The third kappa shape index (κ3) is 6.55. The highest BCUT2D eigenvalue weighted by atomic mass is 16.5. The van der Waals surface area contributed by atoms with Gasteiger partial charge in [-0.2, -0.15) is 10.4 Å². The Labute approximate surface area is 194 Å². The number of rotatable bonds is 10. The lowest BCUT2D eigenvalue weighted by Gasteiger charge is -2.13. The summed E-state index contributed by atoms with van der Waals surface area (Å²) in [6, 6.07) is 17.8. The highest BCUT2D eigenvalue weighted by Gasteiger charge is 2.11. The number of nitrogens with one attached hydrogen (secondary N) is 1. The van der Waals surface area contributed by atoms with E-state index < -0.39 is 0 Å². The van der Waals surface area contributed by atoms with E-state index in [4.69, 9.17) is 14.2 Å². The van der Waals surface area contributed by atoms with Crippen LogP contribution < -0.4 is 14.9 Å². The van der Waals surface area contributed by atoms with E-state index in [9.17, 15) is 5.26 Å². The van der Waals surface area contributed by atoms with Crippen molar-refractivity contribution in [3.8, 4) is 17.6 Å². The minimum absolute atomic E-state index is 0.326. The number of anilines is 1. The Bertz CT molecular complexity index is 1170. The molecule has 3 rings (SSSR count). The van der Waals surface area contributed by atoms with Crippen LogP contribution in [0.4, 0.5) is 5.82 Å². The maximum absolute atomic E-state index is 9.54. The number of nitrogens with zero attached hydrogens (tertiary/aromatic N) is 3. The fourth-order valence-electron chi connectivity index (χ4n) is 3.34. The number of hydrazone groups is 1. The van der Waals surface area contributed by atoms with Gasteiger partial charge in [0.25, 0.3) is 0 Å². The Morgan fingerprint density at radius 1 is 1.06 bits per heavy atom. The van der Waals surface area contributed by atoms with Crippen molar-refractivity contribution in [2.75, 3.05) is 19.1 Å². The molecule has 0 unspecified atom stereocenters. The van der Waals surface area contributed by atoms with Crippen molar-refractivity contribution in [2.45, 2.75) is 34.0 Å². The number of ether oxygens (including phenoxy) is 3. The monoisotopic (exact) mass is 444 g/mol. The van der Waals surface area contributed by atoms with E-state index in [1.807, 2.05) is 50.2 Å². The maximum atomic E-state index is 9.54. The van der Waals surface area contributed by atoms with Crippen molar-refractivity contribution >= 4 is 12.0 Å². The molecular weight excluding hydrogens is 416 g/mol. The van der Waals surface area contributed by atoms with Crippen LogP contribution in [0, 0.1) is 25.2 Å². The van der Waals surface area contributed by atoms with Crippen molar-refractivity contribution in [3.63, 3.8) is 0 Å². The molecular formula is C26H28N4O3. The molecule has 7 heteroatoms. The molecule has 2 aromatic carbocycles. The molecule has 0 saturated heterocycles. The number of hydrogen-bond donors (Lipinski definition) is 1. The Kier molecular flexibility index (Phi) is 8.39. The van der Waals surface area contributed by atoms with Crippen LogP contribution in [0.3, 0.4) is 0 Å². The van der Waals surface area contributed by atoms with Gasteiger partial charge in [0, 0.05) is 18.4 Å². The summed E-state index contributed by atoms with van der Waals surface area (Å²) >= 11 is 0. The van der Waals surface area contributed by atoms with E-state index in [-0.39, 0.29) is 0 Å². The van der Waals surface area contributed by atoms with Crippen molar-refractivity contribution in [2.24, 2.45) is 5.10 Å². The quantitative estimate of drug-likeness (QED) is 0.344. The summed E-state index contributed by atoms with van der Waals surface area (Å²) in [5, 5.41) is 13.8. The van der Waals surface area contributed by atoms with E-state index in [1.165, 1.54) is 5.56 Å². The van der Waals surface area contributed by atoms with Crippen LogP contribution in [0.5, 0.6) is 11.5 Å². The van der Waals surface area contributed by atoms with Crippen LogP contribution in [0.25, 0.3) is 0 Å². The fourth-order valence-corrected chi connectivity index (χ4v) is 3.34. The van der Waals surface area contributed by atoms with E-state index >= 15 is 0 Å². The van der Waals surface area contributed by atoms with Crippen LogP contribution in [0.2, 0.25) is 0 Å². The Hall–Kier alpha value is -3.89. The van der Waals surface area contributed by atoms with Crippen LogP contribution in [-0.2, 0) is 18.0 Å². The largest absolute Gasteiger partial charge is 0.490 e. The number of hydrogen-bond acceptors (Lipinski definition) is 7. The standard InChI is InChI=1S/C26H28N4O3/c1-5-32-25-13-20(9-10-24(25)33-16-21-8-6-7-18(2)11-21)15-28-30-26-23(14-27)22(17-31-4)12-19(3)29-26/h6-13,15H,5,16-17H2,1-4H3,(H,29,30)/b28-15-. The summed E-state index contributed by atoms with van der Waals surface area (Å²) in [6.07, 6.45) is 1.65. The number of aryl methyl sites for hydroxylation is 2. The summed E-state index contributed by atoms with van der Waals surface area (Å²) in [7, 11) is 1.59. The minimum Gasteiger partial charge on any atom is -0.490 e. The lowest BCUT2D eigenvalue weighted by Crippen LogP contribution is -2.04. The zero-order valence-corrected chi connectivity index (χ0v) is 19.4. The Morgan fingerprint density at radius 3 is 2.64 bits per heavy atom. The first-order valence-electron chi connectivity index (χ1n) is 10.7. The van der Waals surface area contributed by atoms with E-state index in [0.717, 1.165) is 22.4 Å². The van der Waals surface area contributed by atoms with Crippen molar-refractivity contribution in [1.29, 1.82) is 5.26 Å². The Morgan fingerprint density at radius 2 is 1.91 bits per heavy atom. The van der Waals surface area contributed by atoms with Crippen molar-refractivity contribution in [1.82, 2.24) is 4.98 Å². The van der Waals surface area contributed by atoms with E-state index in [2.05, 4.69) is 40.6 Å². The van der Waals surface area contributed by atoms with Crippen LogP contribution in [0.15, 0.2) is 53.6 Å². The Balaban J connectivity index is 1.75. The lowest BCUT2D eigenvalue weighted by molar-refractivity contribution is 0.184. The minimum atomic E-state index is 0.326. The number of aromatic nitrogens is 1. The SMILES string of the molecule is CCOc1cc(/C=N\Nc2nc(C)cc(COC)c2C#N)ccc1OCc1cccc(C)c1. The third-order valence-corrected chi connectivity index (χ3v) is 4.77. The molecule has 0 bridgehead atoms. The fraction of sp³-hybridized carbons (Fsp3) is 0.269. The van der Waals surface area contributed by atoms with Gasteiger partial charge in [-0.25, -0.2) is 4.98 Å². The number of nitriles is 1. The molecule has 7 nitrogen and oxygen atoms in total. The molecule has 1 heterocycles. The van der Waals surface area contributed by atoms with Crippen molar-refractivity contribution in [3.05, 3.63) is 82.0 Å². The van der Waals surface area contributed by atoms with Crippen LogP contribution in [0.1, 0.15) is 40.4 Å². The first-order chi connectivity index (χ1) is 16.0. The normalized spacial score (nSPS) is 10.8. The van der Waals surface area contributed by atoms with E-state index in [0.29, 0.717) is 42.7 Å². The zero-order valence-electron chi connectivity index (χ0n) is 19.4. The average Bonchev–Trinajstić information content (AvgIpc) is 2.79. The van der Waals surface area contributed by atoms with Gasteiger partial charge in [0.1, 0.15) is 18.2 Å². The van der Waals surface area contributed by atoms with Crippen LogP contribution in [-0.4, -0.2) is 24.9 Å². The molecule has 0 aliphatic rings. The molecule has 0 aliphatic carbocycles. The third-order valence-electron chi connectivity index (χ3n) is 4.77. The second-order valence-electron chi connectivity index (χ2n) is 7.48. The first-order valence-corrected chi connectivity index (χ1v) is 10.7. The predicted molar refractivity (Wildman–Crippen MR) is 129 cm³/mol. The van der Waals surface area contributed by atoms with Gasteiger partial charge in [-0.3, -0.25) is 5.43 Å². The molecule has 0 saturated carbocycles. The molecule has 170 valence electrons. The summed E-state index contributed by atoms with van der Waals surface area (Å²) in [4.78, 5) is 4.39. The number of benzene rings is 2. The molecule has 0 radical (unpaired) electrons. The van der Waals surface area contributed by atoms with Crippen molar-refractivity contribution < 1.29 is 14.2 Å². The number of methoxy groups -OCH3 is 1. The molecule has 1 aromatic heterocycles. The molecule has 1 N–H and O–H groups in total. The molecule has 33 heavy (non-hydrogen) atoms. The summed E-state index contributed by atoms with van der Waals surface area (Å²) in [6.45, 7) is 7.14. The summed E-state index contributed by atoms with van der Waals surface area (Å²) in [5.74, 6) is 1.70. The molecule has 0 amide bonds. The molecule has 0 fully saturated rings. The maximum Gasteiger partial charge on any atom is 0.164 e. The van der Waals surface area contributed by atoms with Gasteiger partial charge < -0.3 is 14.2 Å². The van der Waals surface area contributed by atoms with Gasteiger partial charge in [0.15, 0.2) is 17.3 Å². The highest BCUT2D eigenvalue weighted by molar-refractivity contribution is 5.81. The van der Waals surface area contributed by atoms with Gasteiger partial charge in [0.05, 0.1) is 19.4 Å². The lowest BCUT2D eigenvalue weighted by atomic mass is 10.1. The molecule has 0 aliphatic heterocycles. The smallest absolute Gasteiger partial charge is 0.164 e. The molecule has 0 atom stereocenters.